The number of hydrogen-bond donors (Lipinski definition) is 3. The number of carbonyl (C=O) groups is 2. The predicted molar refractivity (Wildman–Crippen MR) is 98.5 cm³/mol. The molecule has 1 aliphatic carbocycles. The van der Waals surface area contributed by atoms with Gasteiger partial charge in [-0.2, -0.15) is 0 Å². The summed E-state index contributed by atoms with van der Waals surface area (Å²) in [7, 11) is 1.72. The van der Waals surface area contributed by atoms with Crippen LogP contribution in [0.4, 0.5) is 10.1 Å². The van der Waals surface area contributed by atoms with Crippen molar-refractivity contribution in [2.45, 2.75) is 45.2 Å². The number of amides is 2. The van der Waals surface area contributed by atoms with Crippen LogP contribution >= 0.6 is 0 Å². The van der Waals surface area contributed by atoms with Crippen molar-refractivity contribution in [3.63, 3.8) is 0 Å². The summed E-state index contributed by atoms with van der Waals surface area (Å²) in [5, 5.41) is 9.34. The second-order valence-electron chi connectivity index (χ2n) is 6.53. The van der Waals surface area contributed by atoms with Gasteiger partial charge in [-0.25, -0.2) is 4.39 Å². The minimum absolute atomic E-state index is 0.0995. The molecule has 7 heteroatoms. The van der Waals surface area contributed by atoms with Crippen LogP contribution in [-0.2, 0) is 11.3 Å². The molecule has 1 heterocycles. The average Bonchev–Trinajstić information content (AvgIpc) is 3.43. The van der Waals surface area contributed by atoms with E-state index < -0.39 is 5.82 Å². The molecule has 2 amide bonds. The fourth-order valence-electron chi connectivity index (χ4n) is 2.84. The third kappa shape index (κ3) is 3.92. The van der Waals surface area contributed by atoms with Gasteiger partial charge in [-0.1, -0.05) is 6.92 Å². The van der Waals surface area contributed by atoms with Crippen LogP contribution in [0, 0.1) is 5.82 Å². The van der Waals surface area contributed by atoms with Crippen LogP contribution in [-0.4, -0.2) is 29.9 Å². The van der Waals surface area contributed by atoms with Gasteiger partial charge >= 0.3 is 0 Å². The number of hydrogen-bond acceptors (Lipinski definition) is 4. The number of fused-ring (bicyclic) bond motifs is 1. The Morgan fingerprint density at radius 3 is 2.73 bits per heavy atom. The molecule has 0 radical (unpaired) electrons. The summed E-state index contributed by atoms with van der Waals surface area (Å²) >= 11 is 0. The fraction of sp³-hybridized carbons (Fsp3) is 0.421. The summed E-state index contributed by atoms with van der Waals surface area (Å²) in [5.41, 5.74) is 1.85. The van der Waals surface area contributed by atoms with Crippen LogP contribution in [0.15, 0.2) is 18.3 Å². The number of anilines is 1. The molecule has 0 spiro atoms. The molecule has 2 aromatic rings. The van der Waals surface area contributed by atoms with E-state index in [0.29, 0.717) is 34.1 Å². The van der Waals surface area contributed by atoms with Crippen LogP contribution in [0.2, 0.25) is 0 Å². The zero-order chi connectivity index (χ0) is 18.7. The lowest BCUT2D eigenvalue weighted by Crippen LogP contribution is -2.26. The highest BCUT2D eigenvalue weighted by Crippen LogP contribution is 2.29. The normalized spacial score (nSPS) is 13.5. The van der Waals surface area contributed by atoms with Crippen LogP contribution in [0.3, 0.4) is 0 Å². The Morgan fingerprint density at radius 2 is 2.08 bits per heavy atom. The first-order valence-electron chi connectivity index (χ1n) is 8.90. The second-order valence-corrected chi connectivity index (χ2v) is 6.53. The molecule has 0 saturated heterocycles. The van der Waals surface area contributed by atoms with Gasteiger partial charge in [0, 0.05) is 49.3 Å². The molecule has 138 valence electrons. The summed E-state index contributed by atoms with van der Waals surface area (Å²) in [6, 6.07) is 3.21. The van der Waals surface area contributed by atoms with E-state index >= 15 is 0 Å². The number of aromatic nitrogens is 1. The van der Waals surface area contributed by atoms with Crippen molar-refractivity contribution < 1.29 is 14.0 Å². The van der Waals surface area contributed by atoms with Gasteiger partial charge in [0.2, 0.25) is 5.91 Å². The number of benzene rings is 1. The van der Waals surface area contributed by atoms with Crippen molar-refractivity contribution >= 4 is 28.4 Å². The molecule has 0 unspecified atom stereocenters. The monoisotopic (exact) mass is 358 g/mol. The van der Waals surface area contributed by atoms with E-state index in [1.54, 1.807) is 13.1 Å². The Kier molecular flexibility index (Phi) is 5.35. The van der Waals surface area contributed by atoms with E-state index in [1.165, 1.54) is 12.3 Å². The minimum atomic E-state index is -0.431. The average molecular weight is 358 g/mol. The number of halogens is 1. The van der Waals surface area contributed by atoms with Gasteiger partial charge < -0.3 is 16.0 Å². The molecule has 1 aromatic heterocycles. The van der Waals surface area contributed by atoms with Gasteiger partial charge in [0.25, 0.3) is 5.91 Å². The lowest BCUT2D eigenvalue weighted by atomic mass is 10.0. The molecule has 0 atom stereocenters. The van der Waals surface area contributed by atoms with Crippen molar-refractivity contribution in [3.05, 3.63) is 35.3 Å². The molecule has 3 N–H and O–H groups in total. The number of nitrogens with one attached hydrogen (secondary N) is 3. The van der Waals surface area contributed by atoms with Crippen LogP contribution < -0.4 is 16.0 Å². The van der Waals surface area contributed by atoms with E-state index in [-0.39, 0.29) is 24.4 Å². The number of pyridine rings is 1. The number of rotatable bonds is 7. The van der Waals surface area contributed by atoms with E-state index in [1.807, 2.05) is 6.92 Å². The van der Waals surface area contributed by atoms with E-state index in [2.05, 4.69) is 20.9 Å². The second kappa shape index (κ2) is 7.68. The van der Waals surface area contributed by atoms with Gasteiger partial charge in [0.1, 0.15) is 5.82 Å². The van der Waals surface area contributed by atoms with Gasteiger partial charge in [-0.15, -0.1) is 0 Å². The zero-order valence-corrected chi connectivity index (χ0v) is 15.0. The van der Waals surface area contributed by atoms with E-state index in [9.17, 15) is 14.0 Å². The highest BCUT2D eigenvalue weighted by molar-refractivity contribution is 6.07. The first-order valence-corrected chi connectivity index (χ1v) is 8.90. The third-order valence-corrected chi connectivity index (χ3v) is 4.40. The fourth-order valence-corrected chi connectivity index (χ4v) is 2.84. The van der Waals surface area contributed by atoms with Crippen molar-refractivity contribution in [1.82, 2.24) is 15.6 Å². The predicted octanol–water partition coefficient (Wildman–Crippen LogP) is 2.72. The molecule has 1 saturated carbocycles. The van der Waals surface area contributed by atoms with E-state index in [4.69, 9.17) is 0 Å². The molecule has 6 nitrogen and oxygen atoms in total. The molecule has 3 rings (SSSR count). The van der Waals surface area contributed by atoms with Crippen molar-refractivity contribution in [2.24, 2.45) is 0 Å². The standard InChI is InChI=1S/C19H23FN4O2/c1-3-4-17(25)23-9-11-7-13-16(8-15(11)20)22-10-14(18(13)21-2)19(26)24-12-5-6-12/h7-8,10,12H,3-6,9H2,1-2H3,(H,21,22)(H,23,25)(H,24,26). The Balaban J connectivity index is 1.93. The lowest BCUT2D eigenvalue weighted by Gasteiger charge is -2.14. The summed E-state index contributed by atoms with van der Waals surface area (Å²) < 4.78 is 14.3. The molecule has 1 fully saturated rings. The van der Waals surface area contributed by atoms with Gasteiger partial charge in [-0.05, 0) is 25.3 Å². The SMILES string of the molecule is CCCC(=O)NCc1cc2c(NC)c(C(=O)NC3CC3)cnc2cc1F. The minimum Gasteiger partial charge on any atom is -0.387 e. The first-order chi connectivity index (χ1) is 12.5. The summed E-state index contributed by atoms with van der Waals surface area (Å²) in [6.07, 6.45) is 4.60. The van der Waals surface area contributed by atoms with Crippen molar-refractivity contribution in [1.29, 1.82) is 0 Å². The quantitative estimate of drug-likeness (QED) is 0.711. The lowest BCUT2D eigenvalue weighted by molar-refractivity contribution is -0.121. The molecule has 0 aliphatic heterocycles. The summed E-state index contributed by atoms with van der Waals surface area (Å²) in [5.74, 6) is -0.732. The molecule has 0 bridgehead atoms. The van der Waals surface area contributed by atoms with Gasteiger partial charge in [0.05, 0.1) is 16.8 Å². The Morgan fingerprint density at radius 1 is 1.31 bits per heavy atom. The first kappa shape index (κ1) is 18.1. The maximum Gasteiger partial charge on any atom is 0.255 e. The molecular weight excluding hydrogens is 335 g/mol. The maximum absolute atomic E-state index is 14.3. The molecule has 1 aromatic carbocycles. The van der Waals surface area contributed by atoms with E-state index in [0.717, 1.165) is 19.3 Å². The zero-order valence-electron chi connectivity index (χ0n) is 15.0. The highest BCUT2D eigenvalue weighted by Gasteiger charge is 2.25. The molecular formula is C19H23FN4O2. The summed E-state index contributed by atoms with van der Waals surface area (Å²) in [4.78, 5) is 28.3. The topological polar surface area (TPSA) is 83.1 Å². The number of carbonyl (C=O) groups excluding carboxylic acids is 2. The molecule has 26 heavy (non-hydrogen) atoms. The van der Waals surface area contributed by atoms with Crippen LogP contribution in [0.5, 0.6) is 0 Å². The smallest absolute Gasteiger partial charge is 0.255 e. The van der Waals surface area contributed by atoms with Gasteiger partial charge in [-0.3, -0.25) is 14.6 Å². The Hall–Kier alpha value is -2.70. The highest BCUT2D eigenvalue weighted by atomic mass is 19.1. The molecule has 1 aliphatic rings. The van der Waals surface area contributed by atoms with Crippen LogP contribution in [0.25, 0.3) is 10.9 Å². The van der Waals surface area contributed by atoms with Crippen molar-refractivity contribution in [2.75, 3.05) is 12.4 Å². The van der Waals surface area contributed by atoms with Crippen LogP contribution in [0.1, 0.15) is 48.5 Å². The third-order valence-electron chi connectivity index (χ3n) is 4.40. The Bertz CT molecular complexity index is 849. The maximum atomic E-state index is 14.3. The number of nitrogens with zero attached hydrogens (tertiary/aromatic N) is 1. The Labute approximate surface area is 151 Å². The van der Waals surface area contributed by atoms with Gasteiger partial charge in [0.15, 0.2) is 0 Å². The van der Waals surface area contributed by atoms with Crippen molar-refractivity contribution in [3.8, 4) is 0 Å². The summed E-state index contributed by atoms with van der Waals surface area (Å²) in [6.45, 7) is 2.01. The largest absolute Gasteiger partial charge is 0.387 e.